The molecule has 0 fully saturated rings. The topological polar surface area (TPSA) is 106 Å². The molecule has 0 atom stereocenters. The van der Waals surface area contributed by atoms with Crippen molar-refractivity contribution < 1.29 is 14.1 Å². The second-order valence-electron chi connectivity index (χ2n) is 7.38. The molecule has 0 aliphatic rings. The van der Waals surface area contributed by atoms with Crippen LogP contribution in [0.25, 0.3) is 10.5 Å². The molecule has 0 spiro atoms. The average molecular weight is 440 g/mol. The lowest BCUT2D eigenvalue weighted by Crippen LogP contribution is -2.17. The lowest BCUT2D eigenvalue weighted by molar-refractivity contribution is 0.101. The van der Waals surface area contributed by atoms with Crippen LogP contribution in [0.1, 0.15) is 37.7 Å². The molecule has 0 aliphatic heterocycles. The van der Waals surface area contributed by atoms with Crippen molar-refractivity contribution >= 4 is 29.0 Å². The van der Waals surface area contributed by atoms with E-state index < -0.39 is 0 Å². The maximum Gasteiger partial charge on any atom is 0.259 e. The van der Waals surface area contributed by atoms with Gasteiger partial charge in [-0.2, -0.15) is 5.10 Å². The molecule has 0 radical (unpaired) electrons. The molecule has 2 amide bonds. The Labute approximate surface area is 189 Å². The molecule has 2 aromatic heterocycles. The summed E-state index contributed by atoms with van der Waals surface area (Å²) in [7, 11) is 0. The van der Waals surface area contributed by atoms with Gasteiger partial charge in [0.25, 0.3) is 11.8 Å². The fourth-order valence-electron chi connectivity index (χ4n) is 3.49. The van der Waals surface area contributed by atoms with Gasteiger partial charge in [-0.15, -0.1) is 0 Å². The number of amides is 2. The van der Waals surface area contributed by atoms with E-state index in [2.05, 4.69) is 25.7 Å². The van der Waals surface area contributed by atoms with Gasteiger partial charge in [0.1, 0.15) is 6.26 Å². The molecule has 164 valence electrons. The Bertz CT molecular complexity index is 1400. The number of hydrogen-bond donors (Lipinski definition) is 2. The standard InChI is InChI=1S/C24H20N6O3/c1-14-9-10-17(23(31)27-21-11-12-33-29-21)13-19(14)26-24(32)22-15(2)28-30(16(22)3)20-8-6-5-7-18(20)25-4/h5-13H,1-3H3,(H,26,32)(H,27,29,31). The molecule has 4 rings (SSSR count). The number of rotatable bonds is 5. The van der Waals surface area contributed by atoms with E-state index in [1.54, 1.807) is 54.9 Å². The van der Waals surface area contributed by atoms with Crippen molar-refractivity contribution in [3.05, 3.63) is 94.3 Å². The average Bonchev–Trinajstić information content (AvgIpc) is 3.42. The number of hydrogen-bond acceptors (Lipinski definition) is 5. The summed E-state index contributed by atoms with van der Waals surface area (Å²) in [6.07, 6.45) is 1.36. The maximum absolute atomic E-state index is 13.2. The third-order valence-corrected chi connectivity index (χ3v) is 5.18. The van der Waals surface area contributed by atoms with E-state index in [0.29, 0.717) is 45.4 Å². The van der Waals surface area contributed by atoms with E-state index >= 15 is 0 Å². The molecule has 0 saturated heterocycles. The van der Waals surface area contributed by atoms with Crippen molar-refractivity contribution in [1.82, 2.24) is 14.9 Å². The first kappa shape index (κ1) is 21.5. The van der Waals surface area contributed by atoms with Crippen LogP contribution in [0.4, 0.5) is 17.2 Å². The number of nitrogens with one attached hydrogen (secondary N) is 2. The highest BCUT2D eigenvalue weighted by Crippen LogP contribution is 2.27. The van der Waals surface area contributed by atoms with Gasteiger partial charge in [0.2, 0.25) is 5.69 Å². The van der Waals surface area contributed by atoms with Crippen LogP contribution < -0.4 is 10.6 Å². The summed E-state index contributed by atoms with van der Waals surface area (Å²) in [5.74, 6) is -0.437. The molecule has 0 aliphatic carbocycles. The first-order valence-electron chi connectivity index (χ1n) is 10.1. The van der Waals surface area contributed by atoms with E-state index in [9.17, 15) is 9.59 Å². The molecule has 0 bridgehead atoms. The SMILES string of the molecule is [C-]#[N+]c1ccccc1-n1nc(C)c(C(=O)Nc2cc(C(=O)Nc3ccon3)ccc2C)c1C. The zero-order chi connectivity index (χ0) is 23.5. The highest BCUT2D eigenvalue weighted by molar-refractivity contribution is 6.08. The molecule has 2 heterocycles. The van der Waals surface area contributed by atoms with Gasteiger partial charge in [-0.05, 0) is 44.5 Å². The summed E-state index contributed by atoms with van der Waals surface area (Å²) >= 11 is 0. The van der Waals surface area contributed by atoms with Crippen LogP contribution in [0.2, 0.25) is 0 Å². The fourth-order valence-corrected chi connectivity index (χ4v) is 3.49. The van der Waals surface area contributed by atoms with Crippen molar-refractivity contribution in [2.24, 2.45) is 0 Å². The molecule has 2 N–H and O–H groups in total. The first-order chi connectivity index (χ1) is 15.9. The molecule has 33 heavy (non-hydrogen) atoms. The molecule has 4 aromatic rings. The molecular formula is C24H20N6O3. The number of para-hydroxylation sites is 2. The zero-order valence-corrected chi connectivity index (χ0v) is 18.2. The summed E-state index contributed by atoms with van der Waals surface area (Å²) in [4.78, 5) is 29.3. The number of nitrogens with zero attached hydrogens (tertiary/aromatic N) is 4. The molecule has 2 aromatic carbocycles. The Balaban J connectivity index is 1.62. The smallest absolute Gasteiger partial charge is 0.259 e. The molecule has 9 nitrogen and oxygen atoms in total. The molecule has 0 saturated carbocycles. The predicted molar refractivity (Wildman–Crippen MR) is 123 cm³/mol. The van der Waals surface area contributed by atoms with Gasteiger partial charge in [0.15, 0.2) is 5.82 Å². The summed E-state index contributed by atoms with van der Waals surface area (Å²) < 4.78 is 6.32. The summed E-state index contributed by atoms with van der Waals surface area (Å²) in [5, 5.41) is 13.7. The Morgan fingerprint density at radius 2 is 1.82 bits per heavy atom. The van der Waals surface area contributed by atoms with Gasteiger partial charge < -0.3 is 15.2 Å². The highest BCUT2D eigenvalue weighted by Gasteiger charge is 2.21. The van der Waals surface area contributed by atoms with Crippen LogP contribution in [-0.4, -0.2) is 26.8 Å². The highest BCUT2D eigenvalue weighted by atomic mass is 16.5. The summed E-state index contributed by atoms with van der Waals surface area (Å²) in [6, 6.07) is 13.6. The Morgan fingerprint density at radius 1 is 1.03 bits per heavy atom. The lowest BCUT2D eigenvalue weighted by Gasteiger charge is -2.11. The Morgan fingerprint density at radius 3 is 2.55 bits per heavy atom. The Hall–Kier alpha value is -4.71. The largest absolute Gasteiger partial charge is 0.363 e. The zero-order valence-electron chi connectivity index (χ0n) is 18.2. The minimum absolute atomic E-state index is 0.296. The van der Waals surface area contributed by atoms with E-state index in [-0.39, 0.29) is 11.8 Å². The third kappa shape index (κ3) is 4.22. The van der Waals surface area contributed by atoms with Crippen molar-refractivity contribution in [3.8, 4) is 5.69 Å². The van der Waals surface area contributed by atoms with Gasteiger partial charge in [-0.1, -0.05) is 29.4 Å². The van der Waals surface area contributed by atoms with Crippen LogP contribution in [0.5, 0.6) is 0 Å². The van der Waals surface area contributed by atoms with Crippen LogP contribution in [-0.2, 0) is 0 Å². The van der Waals surface area contributed by atoms with Gasteiger partial charge in [-0.25, -0.2) is 9.53 Å². The number of carbonyl (C=O) groups is 2. The minimum atomic E-state index is -0.379. The van der Waals surface area contributed by atoms with Gasteiger partial charge in [0, 0.05) is 17.3 Å². The number of anilines is 2. The van der Waals surface area contributed by atoms with Crippen molar-refractivity contribution in [2.75, 3.05) is 10.6 Å². The van der Waals surface area contributed by atoms with Crippen molar-refractivity contribution in [1.29, 1.82) is 0 Å². The molecular weight excluding hydrogens is 420 g/mol. The van der Waals surface area contributed by atoms with Gasteiger partial charge in [0.05, 0.1) is 29.2 Å². The second-order valence-corrected chi connectivity index (χ2v) is 7.38. The third-order valence-electron chi connectivity index (χ3n) is 5.18. The van der Waals surface area contributed by atoms with Crippen molar-refractivity contribution in [2.45, 2.75) is 20.8 Å². The lowest BCUT2D eigenvalue weighted by atomic mass is 10.1. The van der Waals surface area contributed by atoms with Crippen LogP contribution in [0.3, 0.4) is 0 Å². The Kier molecular flexibility index (Phi) is 5.74. The summed E-state index contributed by atoms with van der Waals surface area (Å²) in [5.41, 5.74) is 4.25. The molecule has 9 heteroatoms. The predicted octanol–water partition coefficient (Wildman–Crippen LogP) is 4.84. The molecule has 0 unspecified atom stereocenters. The van der Waals surface area contributed by atoms with E-state index in [0.717, 1.165) is 5.56 Å². The van der Waals surface area contributed by atoms with Crippen LogP contribution in [0, 0.1) is 27.3 Å². The maximum atomic E-state index is 13.2. The van der Waals surface area contributed by atoms with E-state index in [4.69, 9.17) is 11.1 Å². The van der Waals surface area contributed by atoms with Crippen molar-refractivity contribution in [3.63, 3.8) is 0 Å². The fraction of sp³-hybridized carbons (Fsp3) is 0.125. The van der Waals surface area contributed by atoms with Gasteiger partial charge in [-0.3, -0.25) is 9.59 Å². The van der Waals surface area contributed by atoms with Crippen LogP contribution in [0.15, 0.2) is 59.3 Å². The second kappa shape index (κ2) is 8.80. The number of benzene rings is 2. The monoisotopic (exact) mass is 440 g/mol. The number of aryl methyl sites for hydroxylation is 2. The number of aromatic nitrogens is 3. The van der Waals surface area contributed by atoms with Crippen LogP contribution >= 0.6 is 0 Å². The number of carbonyl (C=O) groups excluding carboxylic acids is 2. The van der Waals surface area contributed by atoms with E-state index in [1.165, 1.54) is 12.3 Å². The quantitative estimate of drug-likeness (QED) is 0.432. The normalized spacial score (nSPS) is 10.5. The minimum Gasteiger partial charge on any atom is -0.363 e. The first-order valence-corrected chi connectivity index (χ1v) is 10.1. The summed E-state index contributed by atoms with van der Waals surface area (Å²) in [6.45, 7) is 12.8. The van der Waals surface area contributed by atoms with E-state index in [1.807, 2.05) is 13.0 Å². The van der Waals surface area contributed by atoms with Gasteiger partial charge >= 0.3 is 0 Å².